The van der Waals surface area contributed by atoms with E-state index in [4.69, 9.17) is 17.3 Å². The van der Waals surface area contributed by atoms with Gasteiger partial charge in [0.05, 0.1) is 5.02 Å². The summed E-state index contributed by atoms with van der Waals surface area (Å²) in [4.78, 5) is 0. The highest BCUT2D eigenvalue weighted by Gasteiger charge is 2.19. The molecule has 1 aliphatic carbocycles. The Morgan fingerprint density at radius 3 is 2.46 bits per heavy atom. The van der Waals surface area contributed by atoms with Gasteiger partial charge in [0.25, 0.3) is 0 Å². The largest absolute Gasteiger partial charge is 0.327 e. The van der Waals surface area contributed by atoms with Crippen molar-refractivity contribution in [2.45, 2.75) is 18.9 Å². The number of hydrogen-bond donors (Lipinski definition) is 1. The lowest BCUT2D eigenvalue weighted by Gasteiger charge is -1.99. The Balaban J connectivity index is 0.000000845. The zero-order valence-electron chi connectivity index (χ0n) is 6.89. The fourth-order valence-corrected chi connectivity index (χ4v) is 1.83. The molecule has 4 heteroatoms. The van der Waals surface area contributed by atoms with Gasteiger partial charge in [-0.1, -0.05) is 11.6 Å². The first-order valence-electron chi connectivity index (χ1n) is 3.89. The van der Waals surface area contributed by atoms with Crippen LogP contribution in [0.4, 0.5) is 4.39 Å². The van der Waals surface area contributed by atoms with E-state index in [0.29, 0.717) is 0 Å². The number of halogens is 3. The van der Waals surface area contributed by atoms with Crippen LogP contribution < -0.4 is 5.73 Å². The van der Waals surface area contributed by atoms with E-state index in [1.165, 1.54) is 6.07 Å². The standard InChI is InChI=1S/C9H9ClFN.ClH/c10-8-3-5-1-7(12)2-6(5)4-9(8)11;/h3-4,7H,1-2,12H2;1H. The average molecular weight is 222 g/mol. The van der Waals surface area contributed by atoms with Crippen LogP contribution in [-0.4, -0.2) is 6.04 Å². The highest BCUT2D eigenvalue weighted by atomic mass is 35.5. The maximum Gasteiger partial charge on any atom is 0.142 e. The van der Waals surface area contributed by atoms with Gasteiger partial charge in [-0.05, 0) is 36.1 Å². The van der Waals surface area contributed by atoms with Gasteiger partial charge in [-0.25, -0.2) is 4.39 Å². The molecule has 0 amide bonds. The summed E-state index contributed by atoms with van der Waals surface area (Å²) in [5, 5.41) is 0.197. The Bertz CT molecular complexity index is 297. The summed E-state index contributed by atoms with van der Waals surface area (Å²) in [7, 11) is 0. The summed E-state index contributed by atoms with van der Waals surface area (Å²) in [6.07, 6.45) is 1.58. The van der Waals surface area contributed by atoms with Gasteiger partial charge in [0.15, 0.2) is 0 Å². The monoisotopic (exact) mass is 221 g/mol. The molecule has 0 aliphatic heterocycles. The number of nitrogens with two attached hydrogens (primary N) is 1. The molecule has 1 aromatic rings. The van der Waals surface area contributed by atoms with Gasteiger partial charge in [0, 0.05) is 6.04 Å². The minimum Gasteiger partial charge on any atom is -0.327 e. The SMILES string of the molecule is Cl.NC1Cc2cc(F)c(Cl)cc2C1. The predicted molar refractivity (Wildman–Crippen MR) is 54.0 cm³/mol. The maximum absolute atomic E-state index is 12.9. The van der Waals surface area contributed by atoms with Crippen molar-refractivity contribution in [3.8, 4) is 0 Å². The molecule has 0 fully saturated rings. The lowest BCUT2D eigenvalue weighted by molar-refractivity contribution is 0.626. The lowest BCUT2D eigenvalue weighted by atomic mass is 10.1. The number of fused-ring (bicyclic) bond motifs is 1. The Morgan fingerprint density at radius 1 is 1.31 bits per heavy atom. The van der Waals surface area contributed by atoms with Crippen LogP contribution in [0.5, 0.6) is 0 Å². The van der Waals surface area contributed by atoms with Crippen LogP contribution in [0.1, 0.15) is 11.1 Å². The van der Waals surface area contributed by atoms with E-state index < -0.39 is 0 Å². The molecule has 0 saturated heterocycles. The highest BCUT2D eigenvalue weighted by molar-refractivity contribution is 6.30. The van der Waals surface area contributed by atoms with E-state index in [1.807, 2.05) is 0 Å². The Hall–Kier alpha value is -0.310. The van der Waals surface area contributed by atoms with Crippen LogP contribution in [0.15, 0.2) is 12.1 Å². The first-order valence-corrected chi connectivity index (χ1v) is 4.27. The predicted octanol–water partition coefficient (Wildman–Crippen LogP) is 2.33. The molecule has 0 aromatic heterocycles. The van der Waals surface area contributed by atoms with Gasteiger partial charge in [-0.3, -0.25) is 0 Å². The van der Waals surface area contributed by atoms with Crippen molar-refractivity contribution in [2.24, 2.45) is 5.73 Å². The second kappa shape index (κ2) is 3.82. The third-order valence-corrected chi connectivity index (χ3v) is 2.50. The van der Waals surface area contributed by atoms with E-state index in [9.17, 15) is 4.39 Å². The van der Waals surface area contributed by atoms with Crippen molar-refractivity contribution in [1.82, 2.24) is 0 Å². The Morgan fingerprint density at radius 2 is 1.85 bits per heavy atom. The quantitative estimate of drug-likeness (QED) is 0.716. The van der Waals surface area contributed by atoms with Gasteiger partial charge in [0.2, 0.25) is 0 Å². The molecule has 1 aromatic carbocycles. The van der Waals surface area contributed by atoms with E-state index >= 15 is 0 Å². The Labute approximate surface area is 87.5 Å². The van der Waals surface area contributed by atoms with Crippen molar-refractivity contribution in [3.05, 3.63) is 34.1 Å². The summed E-state index contributed by atoms with van der Waals surface area (Å²) in [5.74, 6) is -0.343. The minimum atomic E-state index is -0.343. The Kier molecular flexibility index (Phi) is 3.17. The van der Waals surface area contributed by atoms with Gasteiger partial charge in [-0.15, -0.1) is 12.4 Å². The number of hydrogen-bond acceptors (Lipinski definition) is 1. The smallest absolute Gasteiger partial charge is 0.142 e. The molecule has 1 atom stereocenters. The summed E-state index contributed by atoms with van der Waals surface area (Å²) in [5.41, 5.74) is 7.82. The molecule has 0 saturated carbocycles. The molecule has 0 radical (unpaired) electrons. The molecule has 2 N–H and O–H groups in total. The van der Waals surface area contributed by atoms with E-state index in [-0.39, 0.29) is 29.3 Å². The molecule has 2 rings (SSSR count). The fourth-order valence-electron chi connectivity index (χ4n) is 1.65. The zero-order chi connectivity index (χ0) is 8.72. The first kappa shape index (κ1) is 10.8. The summed E-state index contributed by atoms with van der Waals surface area (Å²) in [6, 6.07) is 3.31. The van der Waals surface area contributed by atoms with Gasteiger partial charge in [0.1, 0.15) is 5.82 Å². The minimum absolute atomic E-state index is 0. The third kappa shape index (κ3) is 1.96. The van der Waals surface area contributed by atoms with Gasteiger partial charge >= 0.3 is 0 Å². The summed E-state index contributed by atoms with van der Waals surface area (Å²) >= 11 is 5.62. The van der Waals surface area contributed by atoms with Crippen LogP contribution in [0.2, 0.25) is 5.02 Å². The third-order valence-electron chi connectivity index (χ3n) is 2.21. The lowest BCUT2D eigenvalue weighted by Crippen LogP contribution is -2.18. The average Bonchev–Trinajstić information content (AvgIpc) is 2.30. The van der Waals surface area contributed by atoms with E-state index in [0.717, 1.165) is 24.0 Å². The van der Waals surface area contributed by atoms with Gasteiger partial charge in [-0.2, -0.15) is 0 Å². The van der Waals surface area contributed by atoms with Crippen LogP contribution >= 0.6 is 24.0 Å². The molecule has 0 bridgehead atoms. The topological polar surface area (TPSA) is 26.0 Å². The summed E-state index contributed by atoms with van der Waals surface area (Å²) < 4.78 is 12.9. The van der Waals surface area contributed by atoms with Gasteiger partial charge < -0.3 is 5.73 Å². The second-order valence-corrected chi connectivity index (χ2v) is 3.61. The molecule has 1 nitrogen and oxygen atoms in total. The van der Waals surface area contributed by atoms with Crippen molar-refractivity contribution in [3.63, 3.8) is 0 Å². The van der Waals surface area contributed by atoms with Crippen molar-refractivity contribution >= 4 is 24.0 Å². The van der Waals surface area contributed by atoms with E-state index in [2.05, 4.69) is 0 Å². The highest BCUT2D eigenvalue weighted by Crippen LogP contribution is 2.26. The molecule has 72 valence electrons. The van der Waals surface area contributed by atoms with Crippen LogP contribution in [-0.2, 0) is 12.8 Å². The molecule has 13 heavy (non-hydrogen) atoms. The van der Waals surface area contributed by atoms with Crippen molar-refractivity contribution in [2.75, 3.05) is 0 Å². The molecule has 0 heterocycles. The molecular formula is C9H10Cl2FN. The van der Waals surface area contributed by atoms with Crippen LogP contribution in [0.3, 0.4) is 0 Å². The summed E-state index contributed by atoms with van der Waals surface area (Å²) in [6.45, 7) is 0. The second-order valence-electron chi connectivity index (χ2n) is 3.20. The van der Waals surface area contributed by atoms with Crippen molar-refractivity contribution < 1.29 is 4.39 Å². The van der Waals surface area contributed by atoms with Crippen LogP contribution in [0, 0.1) is 5.82 Å². The first-order chi connectivity index (χ1) is 5.66. The molecular weight excluding hydrogens is 212 g/mol. The van der Waals surface area contributed by atoms with Crippen LogP contribution in [0.25, 0.3) is 0 Å². The molecule has 1 unspecified atom stereocenters. The maximum atomic E-state index is 12.9. The molecule has 1 aliphatic rings. The van der Waals surface area contributed by atoms with E-state index in [1.54, 1.807) is 6.07 Å². The number of benzene rings is 1. The fraction of sp³-hybridized carbons (Fsp3) is 0.333. The zero-order valence-corrected chi connectivity index (χ0v) is 8.46. The van der Waals surface area contributed by atoms with Crippen molar-refractivity contribution in [1.29, 1.82) is 0 Å². The number of rotatable bonds is 0. The molecule has 0 spiro atoms. The normalized spacial score (nSPS) is 19.5.